The number of furan rings is 2. The van der Waals surface area contributed by atoms with Gasteiger partial charge in [-0.05, 0) is 48.7 Å². The molecule has 0 bridgehead atoms. The Balaban J connectivity index is 1.55. The lowest BCUT2D eigenvalue weighted by atomic mass is 9.91. The molecule has 3 aromatic rings. The number of nitrogens with one attached hydrogen (secondary N) is 1. The van der Waals surface area contributed by atoms with Crippen LogP contribution >= 0.6 is 0 Å². The summed E-state index contributed by atoms with van der Waals surface area (Å²) in [5, 5.41) is 14.0. The second-order valence-corrected chi connectivity index (χ2v) is 6.62. The van der Waals surface area contributed by atoms with E-state index in [9.17, 15) is 14.3 Å². The fraction of sp³-hybridized carbons (Fsp3) is 0.250. The van der Waals surface area contributed by atoms with Crippen LogP contribution in [-0.2, 0) is 15.8 Å². The first-order chi connectivity index (χ1) is 12.5. The Labute approximate surface area is 149 Å². The Morgan fingerprint density at radius 3 is 2.54 bits per heavy atom. The molecule has 26 heavy (non-hydrogen) atoms. The largest absolute Gasteiger partial charge is 0.472 e. The molecule has 1 aliphatic carbocycles. The van der Waals surface area contributed by atoms with Gasteiger partial charge in [-0.2, -0.15) is 0 Å². The van der Waals surface area contributed by atoms with Crippen molar-refractivity contribution >= 4 is 5.91 Å². The highest BCUT2D eigenvalue weighted by Crippen LogP contribution is 2.48. The van der Waals surface area contributed by atoms with Crippen molar-refractivity contribution in [1.29, 1.82) is 0 Å². The number of carbonyl (C=O) groups is 1. The fourth-order valence-corrected chi connectivity index (χ4v) is 3.26. The van der Waals surface area contributed by atoms with Gasteiger partial charge in [0.15, 0.2) is 5.60 Å². The van der Waals surface area contributed by atoms with Gasteiger partial charge < -0.3 is 19.3 Å². The summed E-state index contributed by atoms with van der Waals surface area (Å²) in [5.41, 5.74) is -0.931. The third-order valence-electron chi connectivity index (χ3n) is 5.01. The van der Waals surface area contributed by atoms with Crippen LogP contribution in [0.3, 0.4) is 0 Å². The zero-order chi connectivity index (χ0) is 18.2. The molecular weight excluding hydrogens is 337 g/mol. The summed E-state index contributed by atoms with van der Waals surface area (Å²) in [4.78, 5) is 12.8. The van der Waals surface area contributed by atoms with Crippen molar-refractivity contribution in [3.05, 3.63) is 84.0 Å². The summed E-state index contributed by atoms with van der Waals surface area (Å²) in [6, 6.07) is 10.9. The minimum atomic E-state index is -1.54. The fourth-order valence-electron chi connectivity index (χ4n) is 3.26. The smallest absolute Gasteiger partial charge is 0.230 e. The second-order valence-electron chi connectivity index (χ2n) is 6.62. The minimum absolute atomic E-state index is 0.0676. The normalized spacial score (nSPS) is 17.5. The lowest BCUT2D eigenvalue weighted by molar-refractivity contribution is -0.124. The van der Waals surface area contributed by atoms with Crippen LogP contribution in [0.2, 0.25) is 0 Å². The molecule has 1 atom stereocenters. The van der Waals surface area contributed by atoms with Crippen LogP contribution < -0.4 is 5.32 Å². The first-order valence-electron chi connectivity index (χ1n) is 8.38. The van der Waals surface area contributed by atoms with Gasteiger partial charge in [-0.15, -0.1) is 0 Å². The van der Waals surface area contributed by atoms with E-state index in [2.05, 4.69) is 5.32 Å². The number of hydrogen-bond donors (Lipinski definition) is 2. The third kappa shape index (κ3) is 2.72. The molecule has 2 aromatic heterocycles. The molecule has 0 saturated heterocycles. The average Bonchev–Trinajstić information content (AvgIpc) is 3.08. The molecule has 1 saturated carbocycles. The number of benzene rings is 1. The monoisotopic (exact) mass is 355 g/mol. The van der Waals surface area contributed by atoms with Crippen LogP contribution in [0, 0.1) is 5.82 Å². The Bertz CT molecular complexity index is 846. The van der Waals surface area contributed by atoms with Gasteiger partial charge >= 0.3 is 0 Å². The van der Waals surface area contributed by atoms with Gasteiger partial charge in [0.05, 0.1) is 30.7 Å². The van der Waals surface area contributed by atoms with Crippen molar-refractivity contribution in [3.8, 4) is 0 Å². The number of halogens is 1. The van der Waals surface area contributed by atoms with Gasteiger partial charge in [0.25, 0.3) is 0 Å². The van der Waals surface area contributed by atoms with Crippen LogP contribution in [0.4, 0.5) is 4.39 Å². The lowest BCUT2D eigenvalue weighted by Crippen LogP contribution is -2.44. The van der Waals surface area contributed by atoms with Crippen molar-refractivity contribution in [2.24, 2.45) is 0 Å². The van der Waals surface area contributed by atoms with Crippen LogP contribution in [0.15, 0.2) is 70.1 Å². The number of amides is 1. The molecule has 6 heteroatoms. The first-order valence-corrected chi connectivity index (χ1v) is 8.38. The molecule has 1 aromatic carbocycles. The molecule has 0 aliphatic heterocycles. The van der Waals surface area contributed by atoms with Crippen LogP contribution in [0.1, 0.15) is 29.7 Å². The highest BCUT2D eigenvalue weighted by Gasteiger charge is 2.51. The lowest BCUT2D eigenvalue weighted by Gasteiger charge is -2.26. The minimum Gasteiger partial charge on any atom is -0.472 e. The quantitative estimate of drug-likeness (QED) is 0.712. The maximum Gasteiger partial charge on any atom is 0.230 e. The topological polar surface area (TPSA) is 75.6 Å². The van der Waals surface area contributed by atoms with E-state index in [1.54, 1.807) is 30.3 Å². The van der Waals surface area contributed by atoms with Crippen molar-refractivity contribution in [2.45, 2.75) is 23.9 Å². The number of hydrogen-bond acceptors (Lipinski definition) is 4. The van der Waals surface area contributed by atoms with Gasteiger partial charge in [0, 0.05) is 5.56 Å². The predicted molar refractivity (Wildman–Crippen MR) is 90.7 cm³/mol. The van der Waals surface area contributed by atoms with E-state index in [-0.39, 0.29) is 18.3 Å². The third-order valence-corrected chi connectivity index (χ3v) is 5.01. The summed E-state index contributed by atoms with van der Waals surface area (Å²) in [5.74, 6) is -0.222. The first kappa shape index (κ1) is 16.6. The molecule has 4 rings (SSSR count). The molecular formula is C20H18FNO4. The molecule has 1 aliphatic rings. The second kappa shape index (κ2) is 6.14. The van der Waals surface area contributed by atoms with E-state index in [4.69, 9.17) is 8.83 Å². The number of aliphatic hydroxyl groups is 1. The summed E-state index contributed by atoms with van der Waals surface area (Å²) < 4.78 is 23.6. The Morgan fingerprint density at radius 1 is 1.19 bits per heavy atom. The van der Waals surface area contributed by atoms with Crippen LogP contribution in [0.25, 0.3) is 0 Å². The molecule has 2 N–H and O–H groups in total. The molecule has 5 nitrogen and oxygen atoms in total. The molecule has 1 amide bonds. The van der Waals surface area contributed by atoms with Crippen LogP contribution in [-0.4, -0.2) is 17.6 Å². The van der Waals surface area contributed by atoms with E-state index >= 15 is 0 Å². The van der Waals surface area contributed by atoms with E-state index in [0.29, 0.717) is 24.2 Å². The molecule has 134 valence electrons. The van der Waals surface area contributed by atoms with Crippen molar-refractivity contribution in [3.63, 3.8) is 0 Å². The van der Waals surface area contributed by atoms with E-state index in [0.717, 1.165) is 5.56 Å². The molecule has 0 radical (unpaired) electrons. The Morgan fingerprint density at radius 2 is 1.96 bits per heavy atom. The summed E-state index contributed by atoms with van der Waals surface area (Å²) in [6.07, 6.45) is 5.71. The van der Waals surface area contributed by atoms with Gasteiger partial charge in [0.2, 0.25) is 5.91 Å². The van der Waals surface area contributed by atoms with E-state index < -0.39 is 11.0 Å². The Hall–Kier alpha value is -2.86. The van der Waals surface area contributed by atoms with Crippen LogP contribution in [0.5, 0.6) is 0 Å². The van der Waals surface area contributed by atoms with E-state index in [1.807, 2.05) is 0 Å². The highest BCUT2D eigenvalue weighted by molar-refractivity contribution is 5.91. The zero-order valence-corrected chi connectivity index (χ0v) is 13.9. The van der Waals surface area contributed by atoms with Gasteiger partial charge in [-0.1, -0.05) is 12.1 Å². The molecule has 2 heterocycles. The standard InChI is InChI=1S/C20H18FNO4/c21-16-5-3-14(4-6-16)19(8-9-19)18(23)22-13-20(24,15-7-11-25-12-15)17-2-1-10-26-17/h1-7,10-12,24H,8-9,13H2,(H,22,23). The molecule has 1 fully saturated rings. The van der Waals surface area contributed by atoms with Crippen molar-refractivity contribution in [1.82, 2.24) is 5.32 Å². The summed E-state index contributed by atoms with van der Waals surface area (Å²) >= 11 is 0. The number of rotatable bonds is 6. The SMILES string of the molecule is O=C(NCC(O)(c1ccoc1)c1ccco1)C1(c2ccc(F)cc2)CC1. The van der Waals surface area contributed by atoms with Crippen molar-refractivity contribution < 1.29 is 23.1 Å². The Kier molecular flexibility index (Phi) is 3.92. The zero-order valence-electron chi connectivity index (χ0n) is 13.9. The van der Waals surface area contributed by atoms with E-state index in [1.165, 1.54) is 30.9 Å². The predicted octanol–water partition coefficient (Wildman–Crippen LogP) is 3.10. The van der Waals surface area contributed by atoms with Gasteiger partial charge in [0.1, 0.15) is 11.6 Å². The van der Waals surface area contributed by atoms with Gasteiger partial charge in [-0.3, -0.25) is 4.79 Å². The summed E-state index contributed by atoms with van der Waals surface area (Å²) in [6.45, 7) is -0.0676. The van der Waals surface area contributed by atoms with Crippen molar-refractivity contribution in [2.75, 3.05) is 6.54 Å². The number of carbonyl (C=O) groups excluding carboxylic acids is 1. The molecule has 0 spiro atoms. The van der Waals surface area contributed by atoms with Gasteiger partial charge in [-0.25, -0.2) is 4.39 Å². The average molecular weight is 355 g/mol. The summed E-state index contributed by atoms with van der Waals surface area (Å²) in [7, 11) is 0. The highest BCUT2D eigenvalue weighted by atomic mass is 19.1. The maximum absolute atomic E-state index is 13.2. The molecule has 1 unspecified atom stereocenters. The maximum atomic E-state index is 13.2.